The third-order valence-electron chi connectivity index (χ3n) is 3.58. The van der Waals surface area contributed by atoms with Gasteiger partial charge in [0.25, 0.3) is 0 Å². The van der Waals surface area contributed by atoms with Crippen molar-refractivity contribution in [2.75, 3.05) is 16.4 Å². The van der Waals surface area contributed by atoms with Crippen molar-refractivity contribution in [3.63, 3.8) is 0 Å². The van der Waals surface area contributed by atoms with Crippen LogP contribution in [-0.2, 0) is 4.79 Å². The zero-order valence-corrected chi connectivity index (χ0v) is 15.1. The number of nitrogens with zero attached hydrogens (tertiary/aromatic N) is 2. The molecule has 1 heterocycles. The number of amides is 1. The van der Waals surface area contributed by atoms with Gasteiger partial charge in [-0.3, -0.25) is 4.79 Å². The fraction of sp³-hybridized carbons (Fsp3) is 0.438. The molecule has 0 spiro atoms. The van der Waals surface area contributed by atoms with Crippen LogP contribution in [0.15, 0.2) is 16.5 Å². The molecule has 1 aliphatic rings. The molecular formula is C16H20N4OS2. The Labute approximate surface area is 144 Å². The van der Waals surface area contributed by atoms with E-state index in [0.29, 0.717) is 11.8 Å². The second-order valence-corrected chi connectivity index (χ2v) is 8.10. The monoisotopic (exact) mass is 348 g/mol. The first kappa shape index (κ1) is 16.3. The van der Waals surface area contributed by atoms with Crippen molar-refractivity contribution >= 4 is 39.8 Å². The Morgan fingerprint density at radius 1 is 1.26 bits per heavy atom. The van der Waals surface area contributed by atoms with Gasteiger partial charge in [0.15, 0.2) is 4.34 Å². The highest BCUT2D eigenvalue weighted by molar-refractivity contribution is 8.01. The number of thioether (sulfide) groups is 1. The number of rotatable bonds is 6. The van der Waals surface area contributed by atoms with Gasteiger partial charge in [-0.15, -0.1) is 10.2 Å². The van der Waals surface area contributed by atoms with Gasteiger partial charge in [-0.05, 0) is 44.7 Å². The van der Waals surface area contributed by atoms with Crippen molar-refractivity contribution in [1.29, 1.82) is 0 Å². The summed E-state index contributed by atoms with van der Waals surface area (Å²) in [5, 5.41) is 15.4. The maximum atomic E-state index is 12.2. The van der Waals surface area contributed by atoms with Crippen molar-refractivity contribution in [2.45, 2.75) is 44.0 Å². The lowest BCUT2D eigenvalue weighted by molar-refractivity contribution is -0.113. The Balaban J connectivity index is 1.54. The van der Waals surface area contributed by atoms with E-state index in [4.69, 9.17) is 0 Å². The molecule has 1 aliphatic carbocycles. The highest BCUT2D eigenvalue weighted by Gasteiger charge is 2.22. The molecule has 0 aliphatic heterocycles. The lowest BCUT2D eigenvalue weighted by atomic mass is 10.1. The summed E-state index contributed by atoms with van der Waals surface area (Å²) in [6.07, 6.45) is 2.42. The van der Waals surface area contributed by atoms with E-state index in [1.165, 1.54) is 41.5 Å². The number of benzene rings is 1. The van der Waals surface area contributed by atoms with Crippen molar-refractivity contribution in [2.24, 2.45) is 0 Å². The summed E-state index contributed by atoms with van der Waals surface area (Å²) in [7, 11) is 0. The van der Waals surface area contributed by atoms with Crippen LogP contribution in [0.4, 0.5) is 10.8 Å². The lowest BCUT2D eigenvalue weighted by Crippen LogP contribution is -2.15. The highest BCUT2D eigenvalue weighted by Crippen LogP contribution is 2.30. The third-order valence-corrected chi connectivity index (χ3v) is 5.57. The molecule has 1 aromatic heterocycles. The Bertz CT molecular complexity index is 702. The van der Waals surface area contributed by atoms with E-state index in [9.17, 15) is 4.79 Å². The van der Waals surface area contributed by atoms with Gasteiger partial charge in [-0.2, -0.15) is 0 Å². The summed E-state index contributed by atoms with van der Waals surface area (Å²) in [5.74, 6) is 0.321. The highest BCUT2D eigenvalue weighted by atomic mass is 32.2. The number of carbonyl (C=O) groups excluding carboxylic acids is 1. The molecule has 7 heteroatoms. The number of anilines is 2. The van der Waals surface area contributed by atoms with E-state index < -0.39 is 0 Å². The van der Waals surface area contributed by atoms with Crippen LogP contribution in [0.25, 0.3) is 0 Å². The average molecular weight is 348 g/mol. The minimum Gasteiger partial charge on any atom is -0.357 e. The summed E-state index contributed by atoms with van der Waals surface area (Å²) in [4.78, 5) is 12.2. The number of carbonyl (C=O) groups is 1. The predicted molar refractivity (Wildman–Crippen MR) is 96.6 cm³/mol. The second-order valence-electron chi connectivity index (χ2n) is 5.90. The van der Waals surface area contributed by atoms with Gasteiger partial charge >= 0.3 is 0 Å². The van der Waals surface area contributed by atoms with Crippen LogP contribution >= 0.6 is 23.1 Å². The Kier molecular flexibility index (Phi) is 4.87. The molecule has 2 N–H and O–H groups in total. The van der Waals surface area contributed by atoms with E-state index in [-0.39, 0.29) is 5.91 Å². The molecule has 122 valence electrons. The first-order chi connectivity index (χ1) is 11.0. The molecule has 1 fully saturated rings. The van der Waals surface area contributed by atoms with E-state index in [2.05, 4.69) is 39.9 Å². The number of hydrogen-bond donors (Lipinski definition) is 2. The smallest absolute Gasteiger partial charge is 0.234 e. The van der Waals surface area contributed by atoms with Gasteiger partial charge in [0.2, 0.25) is 11.0 Å². The van der Waals surface area contributed by atoms with Crippen LogP contribution < -0.4 is 10.6 Å². The van der Waals surface area contributed by atoms with Gasteiger partial charge in [0.05, 0.1) is 5.75 Å². The molecule has 0 atom stereocenters. The Morgan fingerprint density at radius 2 is 1.96 bits per heavy atom. The van der Waals surface area contributed by atoms with E-state index in [1.807, 2.05) is 13.8 Å². The first-order valence-corrected chi connectivity index (χ1v) is 9.42. The van der Waals surface area contributed by atoms with Crippen molar-refractivity contribution in [3.05, 3.63) is 28.8 Å². The number of aromatic nitrogens is 2. The fourth-order valence-electron chi connectivity index (χ4n) is 2.41. The summed E-state index contributed by atoms with van der Waals surface area (Å²) in [5.41, 5.74) is 4.30. The van der Waals surface area contributed by atoms with Crippen LogP contribution in [0, 0.1) is 20.8 Å². The molecule has 2 aromatic rings. The standard InChI is InChI=1S/C16H20N4OS2/c1-9-6-10(2)14(11(3)7-9)18-13(21)8-22-16-20-19-15(23-16)17-12-4-5-12/h6-7,12H,4-5,8H2,1-3H3,(H,17,19)(H,18,21). The fourth-order valence-corrected chi connectivity index (χ4v) is 4.04. The molecule has 0 unspecified atom stereocenters. The van der Waals surface area contributed by atoms with Crippen molar-refractivity contribution < 1.29 is 4.79 Å². The van der Waals surface area contributed by atoms with Gasteiger partial charge in [-0.1, -0.05) is 40.8 Å². The maximum absolute atomic E-state index is 12.2. The number of hydrogen-bond acceptors (Lipinski definition) is 6. The molecule has 23 heavy (non-hydrogen) atoms. The molecule has 0 bridgehead atoms. The third kappa shape index (κ3) is 4.45. The van der Waals surface area contributed by atoms with Crippen LogP contribution in [0.2, 0.25) is 0 Å². The normalized spacial score (nSPS) is 13.9. The second kappa shape index (κ2) is 6.88. The Morgan fingerprint density at radius 3 is 2.61 bits per heavy atom. The van der Waals surface area contributed by atoms with Gasteiger partial charge in [0, 0.05) is 11.7 Å². The molecule has 1 amide bonds. The van der Waals surface area contributed by atoms with E-state index in [1.54, 1.807) is 0 Å². The van der Waals surface area contributed by atoms with Crippen LogP contribution in [0.5, 0.6) is 0 Å². The Hall–Kier alpha value is -1.60. The van der Waals surface area contributed by atoms with E-state index in [0.717, 1.165) is 26.3 Å². The van der Waals surface area contributed by atoms with Gasteiger partial charge in [-0.25, -0.2) is 0 Å². The topological polar surface area (TPSA) is 66.9 Å². The summed E-state index contributed by atoms with van der Waals surface area (Å²) in [6, 6.07) is 4.73. The zero-order chi connectivity index (χ0) is 16.4. The maximum Gasteiger partial charge on any atom is 0.234 e. The molecule has 3 rings (SSSR count). The molecule has 0 radical (unpaired) electrons. The molecule has 0 saturated heterocycles. The number of nitrogens with one attached hydrogen (secondary N) is 2. The van der Waals surface area contributed by atoms with Crippen LogP contribution in [0.3, 0.4) is 0 Å². The van der Waals surface area contributed by atoms with Crippen LogP contribution in [0.1, 0.15) is 29.5 Å². The largest absolute Gasteiger partial charge is 0.357 e. The molecular weight excluding hydrogens is 328 g/mol. The summed E-state index contributed by atoms with van der Waals surface area (Å²) < 4.78 is 0.820. The number of aryl methyl sites for hydroxylation is 3. The van der Waals surface area contributed by atoms with Crippen LogP contribution in [-0.4, -0.2) is 27.9 Å². The lowest BCUT2D eigenvalue weighted by Gasteiger charge is -2.12. The SMILES string of the molecule is Cc1cc(C)c(NC(=O)CSc2nnc(NC3CC3)s2)c(C)c1. The van der Waals surface area contributed by atoms with Gasteiger partial charge in [0.1, 0.15) is 0 Å². The minimum absolute atomic E-state index is 0.0167. The summed E-state index contributed by atoms with van der Waals surface area (Å²) >= 11 is 2.93. The quantitative estimate of drug-likeness (QED) is 0.778. The first-order valence-electron chi connectivity index (χ1n) is 7.62. The molecule has 1 saturated carbocycles. The van der Waals surface area contributed by atoms with Gasteiger partial charge < -0.3 is 10.6 Å². The molecule has 1 aromatic carbocycles. The molecule has 5 nitrogen and oxygen atoms in total. The minimum atomic E-state index is -0.0167. The predicted octanol–water partition coefficient (Wildman–Crippen LogP) is 3.77. The average Bonchev–Trinajstić information content (AvgIpc) is 3.18. The van der Waals surface area contributed by atoms with E-state index >= 15 is 0 Å². The summed E-state index contributed by atoms with van der Waals surface area (Å²) in [6.45, 7) is 6.09. The van der Waals surface area contributed by atoms with Crippen molar-refractivity contribution in [1.82, 2.24) is 10.2 Å². The van der Waals surface area contributed by atoms with Crippen molar-refractivity contribution in [3.8, 4) is 0 Å². The zero-order valence-electron chi connectivity index (χ0n) is 13.5.